The van der Waals surface area contributed by atoms with E-state index in [4.69, 9.17) is 9.47 Å². The van der Waals surface area contributed by atoms with Crippen molar-refractivity contribution in [2.24, 2.45) is 5.92 Å². The predicted octanol–water partition coefficient (Wildman–Crippen LogP) is 2.80. The van der Waals surface area contributed by atoms with Gasteiger partial charge in [-0.25, -0.2) is 13.6 Å². The third-order valence-corrected chi connectivity index (χ3v) is 7.65. The van der Waals surface area contributed by atoms with Gasteiger partial charge in [0.1, 0.15) is 35.7 Å². The minimum absolute atomic E-state index is 0.0390. The van der Waals surface area contributed by atoms with Crippen molar-refractivity contribution in [3.05, 3.63) is 95.6 Å². The number of carbonyl (C=O) groups is 2. The van der Waals surface area contributed by atoms with Gasteiger partial charge in [-0.3, -0.25) is 4.79 Å². The van der Waals surface area contributed by atoms with E-state index < -0.39 is 66.4 Å². The zero-order chi connectivity index (χ0) is 30.1. The van der Waals surface area contributed by atoms with Gasteiger partial charge in [0.05, 0.1) is 18.1 Å². The number of benzene rings is 3. The van der Waals surface area contributed by atoms with Crippen LogP contribution in [0.3, 0.4) is 0 Å². The lowest BCUT2D eigenvalue weighted by Gasteiger charge is -2.48. The van der Waals surface area contributed by atoms with Crippen molar-refractivity contribution in [1.82, 2.24) is 0 Å². The first kappa shape index (κ1) is 29.5. The molecule has 0 saturated carbocycles. The number of aromatic hydroxyl groups is 1. The Morgan fingerprint density at radius 1 is 0.881 bits per heavy atom. The molecule has 0 radical (unpaired) electrons. The minimum Gasteiger partial charge on any atom is -0.508 e. The molecule has 222 valence electrons. The molecule has 2 heterocycles. The van der Waals surface area contributed by atoms with Crippen molar-refractivity contribution in [3.63, 3.8) is 0 Å². The van der Waals surface area contributed by atoms with Crippen molar-refractivity contribution in [2.75, 3.05) is 4.90 Å². The lowest BCUT2D eigenvalue weighted by atomic mass is 9.78. The van der Waals surface area contributed by atoms with Gasteiger partial charge < -0.3 is 39.9 Å². The first-order valence-electron chi connectivity index (χ1n) is 13.3. The average molecular weight is 586 g/mol. The highest BCUT2D eigenvalue weighted by molar-refractivity contribution is 6.03. The third-order valence-electron chi connectivity index (χ3n) is 7.65. The van der Waals surface area contributed by atoms with Crippen molar-refractivity contribution in [3.8, 4) is 5.75 Å². The molecule has 2 aliphatic heterocycles. The summed E-state index contributed by atoms with van der Waals surface area (Å²) in [5, 5.41) is 49.9. The summed E-state index contributed by atoms with van der Waals surface area (Å²) in [6.45, 7) is 0. The van der Waals surface area contributed by atoms with Gasteiger partial charge in [0, 0.05) is 5.69 Å². The van der Waals surface area contributed by atoms with Crippen molar-refractivity contribution in [2.45, 2.75) is 55.7 Å². The highest BCUT2D eigenvalue weighted by atomic mass is 19.1. The van der Waals surface area contributed by atoms with Gasteiger partial charge in [-0.1, -0.05) is 24.3 Å². The van der Waals surface area contributed by atoms with Crippen LogP contribution in [0.1, 0.15) is 36.1 Å². The number of rotatable bonds is 9. The largest absolute Gasteiger partial charge is 0.508 e. The van der Waals surface area contributed by atoms with Crippen LogP contribution in [0.15, 0.2) is 72.8 Å². The fraction of sp³-hybridized carbons (Fsp3) is 0.333. The monoisotopic (exact) mass is 585 g/mol. The van der Waals surface area contributed by atoms with E-state index in [1.165, 1.54) is 65.6 Å². The number of halogens is 2. The Bertz CT molecular complexity index is 1400. The topological polar surface area (TPSA) is 157 Å². The maximum Gasteiger partial charge on any atom is 0.335 e. The summed E-state index contributed by atoms with van der Waals surface area (Å²) in [5.41, 5.74) is 1.63. The van der Waals surface area contributed by atoms with Crippen molar-refractivity contribution < 1.29 is 53.4 Å². The van der Waals surface area contributed by atoms with Crippen LogP contribution in [0.2, 0.25) is 0 Å². The lowest BCUT2D eigenvalue weighted by Crippen LogP contribution is -2.60. The van der Waals surface area contributed by atoms with Gasteiger partial charge in [-0.2, -0.15) is 0 Å². The van der Waals surface area contributed by atoms with Crippen molar-refractivity contribution >= 4 is 17.6 Å². The Kier molecular flexibility index (Phi) is 8.53. The number of carboxylic acids is 1. The molecule has 0 aromatic heterocycles. The van der Waals surface area contributed by atoms with Crippen LogP contribution in [0.5, 0.6) is 5.75 Å². The summed E-state index contributed by atoms with van der Waals surface area (Å²) in [6.07, 6.45) is -9.75. The Morgan fingerprint density at radius 2 is 1.48 bits per heavy atom. The second-order valence-corrected chi connectivity index (χ2v) is 10.3. The first-order chi connectivity index (χ1) is 20.0. The molecule has 2 fully saturated rings. The summed E-state index contributed by atoms with van der Waals surface area (Å²) >= 11 is 0. The summed E-state index contributed by atoms with van der Waals surface area (Å²) in [7, 11) is 0. The number of carbonyl (C=O) groups excluding carboxylic acids is 1. The van der Waals surface area contributed by atoms with Crippen LogP contribution in [-0.4, -0.2) is 68.1 Å². The molecule has 2 saturated heterocycles. The van der Waals surface area contributed by atoms with Crippen LogP contribution in [0.25, 0.3) is 0 Å². The minimum atomic E-state index is -1.90. The molecule has 5 rings (SSSR count). The van der Waals surface area contributed by atoms with Gasteiger partial charge in [-0.05, 0) is 72.5 Å². The van der Waals surface area contributed by atoms with E-state index in [1.807, 2.05) is 0 Å². The van der Waals surface area contributed by atoms with Gasteiger partial charge in [-0.15, -0.1) is 0 Å². The number of nitrogens with zero attached hydrogens (tertiary/aromatic N) is 1. The van der Waals surface area contributed by atoms with E-state index in [0.29, 0.717) is 16.8 Å². The molecule has 2 aliphatic rings. The number of carboxylic acid groups (broad SMARTS) is 1. The first-order valence-corrected chi connectivity index (χ1v) is 13.3. The molecule has 0 aliphatic carbocycles. The second kappa shape index (κ2) is 12.1. The van der Waals surface area contributed by atoms with Gasteiger partial charge in [0.2, 0.25) is 5.91 Å². The maximum atomic E-state index is 13.7. The summed E-state index contributed by atoms with van der Waals surface area (Å²) in [6, 6.07) is 16.5. The molecule has 42 heavy (non-hydrogen) atoms. The highest BCUT2D eigenvalue weighted by Gasteiger charge is 2.50. The normalized spacial score (nSPS) is 28.3. The van der Waals surface area contributed by atoms with Crippen LogP contribution < -0.4 is 4.90 Å². The number of aliphatic hydroxyl groups excluding tert-OH is 3. The quantitative estimate of drug-likeness (QED) is 0.238. The second-order valence-electron chi connectivity index (χ2n) is 10.3. The molecular weight excluding hydrogens is 556 g/mol. The number of phenols is 1. The van der Waals surface area contributed by atoms with E-state index in [1.54, 1.807) is 12.1 Å². The van der Waals surface area contributed by atoms with Gasteiger partial charge in [0.15, 0.2) is 12.4 Å². The van der Waals surface area contributed by atoms with E-state index >= 15 is 0 Å². The molecule has 8 atom stereocenters. The molecule has 1 unspecified atom stereocenters. The fourth-order valence-electron chi connectivity index (χ4n) is 5.42. The number of hydrogen-bond donors (Lipinski definition) is 5. The number of aliphatic carboxylic acids is 1. The molecule has 0 spiro atoms. The standard InChI is InChI=1S/C30H29F2NO9/c31-17-5-1-15(2-6-17)22(41-30-26(37)24(35)25(36)27(42-30)29(39)40)14-13-21-23(16-3-11-20(34)12-4-16)33(28(21)38)19-9-7-18(32)8-10-19/h1-12,21-27,30,34-37H,13-14H2,(H,39,40)/t21-,22+,23-,24-,25-,26+,27-,30?/m1/s1. The van der Waals surface area contributed by atoms with E-state index in [9.17, 15) is 43.9 Å². The number of aliphatic hydroxyl groups is 3. The van der Waals surface area contributed by atoms with Crippen molar-refractivity contribution in [1.29, 1.82) is 0 Å². The molecule has 3 aromatic carbocycles. The van der Waals surface area contributed by atoms with Gasteiger partial charge in [0.25, 0.3) is 0 Å². The summed E-state index contributed by atoms with van der Waals surface area (Å²) in [4.78, 5) is 26.5. The summed E-state index contributed by atoms with van der Waals surface area (Å²) in [5.74, 6) is -3.36. The molecular formula is C30H29F2NO9. The van der Waals surface area contributed by atoms with Crippen LogP contribution in [0, 0.1) is 17.6 Å². The third kappa shape index (κ3) is 5.85. The van der Waals surface area contributed by atoms with Crippen LogP contribution in [0.4, 0.5) is 14.5 Å². The smallest absolute Gasteiger partial charge is 0.335 e. The van der Waals surface area contributed by atoms with Crippen LogP contribution >= 0.6 is 0 Å². The van der Waals surface area contributed by atoms with E-state index in [2.05, 4.69) is 0 Å². The van der Waals surface area contributed by atoms with Gasteiger partial charge >= 0.3 is 5.97 Å². The number of ether oxygens (including phenoxy) is 2. The summed E-state index contributed by atoms with van der Waals surface area (Å²) < 4.78 is 38.5. The molecule has 12 heteroatoms. The number of phenolic OH excluding ortho intramolecular Hbond substituents is 1. The fourth-order valence-corrected chi connectivity index (χ4v) is 5.42. The number of hydrogen-bond acceptors (Lipinski definition) is 8. The molecule has 3 aromatic rings. The zero-order valence-corrected chi connectivity index (χ0v) is 22.0. The lowest BCUT2D eigenvalue weighted by molar-refractivity contribution is -0.306. The molecule has 5 N–H and O–H groups in total. The predicted molar refractivity (Wildman–Crippen MR) is 142 cm³/mol. The van der Waals surface area contributed by atoms with Crippen LogP contribution in [-0.2, 0) is 19.1 Å². The van der Waals surface area contributed by atoms with E-state index in [0.717, 1.165) is 0 Å². The Balaban J connectivity index is 1.40. The Labute approximate surface area is 239 Å². The molecule has 0 bridgehead atoms. The Morgan fingerprint density at radius 3 is 2.07 bits per heavy atom. The highest BCUT2D eigenvalue weighted by Crippen LogP contribution is 2.47. The SMILES string of the molecule is O=C(O)[C@@H]1OC(O[C@@H](CC[C@H]2C(=O)N(c3ccc(F)cc3)[C@@H]2c2ccc(O)cc2)c2ccc(F)cc2)[C@@H](O)[C@H](O)[C@H]1O. The molecule has 10 nitrogen and oxygen atoms in total. The maximum absolute atomic E-state index is 13.7. The van der Waals surface area contributed by atoms with E-state index in [-0.39, 0.29) is 24.5 Å². The zero-order valence-electron chi connectivity index (χ0n) is 22.0. The number of anilines is 1. The average Bonchev–Trinajstić information content (AvgIpc) is 2.97. The Hall–Kier alpha value is -3.94. The number of β-lactam (4-membered cyclic amide) rings is 1. The number of amides is 1. The molecule has 1 amide bonds.